The zero-order valence-corrected chi connectivity index (χ0v) is 11.1. The summed E-state index contributed by atoms with van der Waals surface area (Å²) >= 11 is 0. The standard InChI is InChI=1S/C16H15FN2O/c1-20-15-8-4-13(5-9-15)16(19-11-10-18)12-2-6-14(17)7-3-12/h2-9,16,19H,11H2,1H3. The molecule has 0 saturated carbocycles. The third kappa shape index (κ3) is 3.34. The number of ether oxygens (including phenoxy) is 1. The number of hydrogen-bond donors (Lipinski definition) is 1. The van der Waals surface area contributed by atoms with Gasteiger partial charge in [0.15, 0.2) is 0 Å². The molecule has 0 spiro atoms. The molecule has 0 aliphatic carbocycles. The molecule has 0 bridgehead atoms. The Bertz CT molecular complexity index is 587. The summed E-state index contributed by atoms with van der Waals surface area (Å²) in [6, 6.07) is 15.8. The number of nitrogens with one attached hydrogen (secondary N) is 1. The van der Waals surface area contributed by atoms with Gasteiger partial charge >= 0.3 is 0 Å². The van der Waals surface area contributed by atoms with Crippen LogP contribution in [-0.4, -0.2) is 13.7 Å². The Morgan fingerprint density at radius 1 is 1.10 bits per heavy atom. The van der Waals surface area contributed by atoms with Crippen LogP contribution in [0.25, 0.3) is 0 Å². The Kier molecular flexibility index (Phi) is 4.70. The molecule has 0 aliphatic heterocycles. The van der Waals surface area contributed by atoms with Gasteiger partial charge in [0.25, 0.3) is 0 Å². The van der Waals surface area contributed by atoms with Crippen LogP contribution in [0.2, 0.25) is 0 Å². The van der Waals surface area contributed by atoms with E-state index in [1.165, 1.54) is 12.1 Å². The number of nitriles is 1. The second-order valence-corrected chi connectivity index (χ2v) is 4.30. The van der Waals surface area contributed by atoms with Crippen LogP contribution in [0.3, 0.4) is 0 Å². The maximum atomic E-state index is 13.0. The van der Waals surface area contributed by atoms with E-state index in [1.54, 1.807) is 19.2 Å². The highest BCUT2D eigenvalue weighted by molar-refractivity contribution is 5.35. The fourth-order valence-electron chi connectivity index (χ4n) is 2.03. The van der Waals surface area contributed by atoms with Crippen molar-refractivity contribution in [3.8, 4) is 11.8 Å². The largest absolute Gasteiger partial charge is 0.497 e. The molecule has 2 aromatic carbocycles. The van der Waals surface area contributed by atoms with Crippen molar-refractivity contribution in [2.45, 2.75) is 6.04 Å². The van der Waals surface area contributed by atoms with Gasteiger partial charge in [-0.25, -0.2) is 4.39 Å². The first kappa shape index (κ1) is 14.0. The van der Waals surface area contributed by atoms with E-state index >= 15 is 0 Å². The van der Waals surface area contributed by atoms with Crippen LogP contribution >= 0.6 is 0 Å². The molecule has 3 nitrogen and oxygen atoms in total. The molecule has 102 valence electrons. The van der Waals surface area contributed by atoms with Crippen molar-refractivity contribution >= 4 is 0 Å². The lowest BCUT2D eigenvalue weighted by molar-refractivity contribution is 0.414. The van der Waals surface area contributed by atoms with Crippen molar-refractivity contribution in [1.29, 1.82) is 5.26 Å². The van der Waals surface area contributed by atoms with Gasteiger partial charge in [-0.15, -0.1) is 0 Å². The Labute approximate surface area is 117 Å². The molecule has 0 fully saturated rings. The van der Waals surface area contributed by atoms with Gasteiger partial charge in [-0.1, -0.05) is 24.3 Å². The van der Waals surface area contributed by atoms with E-state index in [2.05, 4.69) is 11.4 Å². The summed E-state index contributed by atoms with van der Waals surface area (Å²) in [6.07, 6.45) is 0. The third-order valence-electron chi connectivity index (χ3n) is 3.04. The molecule has 0 amide bonds. The number of rotatable bonds is 5. The summed E-state index contributed by atoms with van der Waals surface area (Å²) in [7, 11) is 1.61. The normalized spacial score (nSPS) is 11.7. The van der Waals surface area contributed by atoms with E-state index in [4.69, 9.17) is 10.00 Å². The maximum Gasteiger partial charge on any atom is 0.123 e. The minimum Gasteiger partial charge on any atom is -0.497 e. The van der Waals surface area contributed by atoms with Crippen LogP contribution in [-0.2, 0) is 0 Å². The highest BCUT2D eigenvalue weighted by Crippen LogP contribution is 2.24. The summed E-state index contributed by atoms with van der Waals surface area (Å²) in [5.74, 6) is 0.495. The number of methoxy groups -OCH3 is 1. The fraction of sp³-hybridized carbons (Fsp3) is 0.188. The number of nitrogens with zero attached hydrogens (tertiary/aromatic N) is 1. The molecule has 1 atom stereocenters. The van der Waals surface area contributed by atoms with E-state index in [0.29, 0.717) is 0 Å². The first-order valence-electron chi connectivity index (χ1n) is 6.24. The van der Waals surface area contributed by atoms with Crippen LogP contribution in [0, 0.1) is 17.1 Å². The van der Waals surface area contributed by atoms with Gasteiger partial charge in [-0.2, -0.15) is 5.26 Å². The predicted octanol–water partition coefficient (Wildman–Crippen LogP) is 3.04. The van der Waals surface area contributed by atoms with Crippen molar-refractivity contribution in [2.75, 3.05) is 13.7 Å². The molecule has 0 aromatic heterocycles. The minimum absolute atomic E-state index is 0.152. The van der Waals surface area contributed by atoms with Crippen molar-refractivity contribution in [2.24, 2.45) is 0 Å². The Balaban J connectivity index is 2.30. The lowest BCUT2D eigenvalue weighted by Crippen LogP contribution is -2.22. The molecule has 0 heterocycles. The summed E-state index contributed by atoms with van der Waals surface area (Å²) in [4.78, 5) is 0. The monoisotopic (exact) mass is 270 g/mol. The molecule has 2 rings (SSSR count). The lowest BCUT2D eigenvalue weighted by Gasteiger charge is -2.18. The molecule has 0 radical (unpaired) electrons. The summed E-state index contributed by atoms with van der Waals surface area (Å²) in [6.45, 7) is 0.216. The van der Waals surface area contributed by atoms with Crippen LogP contribution in [0.4, 0.5) is 4.39 Å². The molecule has 4 heteroatoms. The van der Waals surface area contributed by atoms with Gasteiger partial charge in [0.1, 0.15) is 11.6 Å². The van der Waals surface area contributed by atoms with Crippen LogP contribution in [0.15, 0.2) is 48.5 Å². The lowest BCUT2D eigenvalue weighted by atomic mass is 9.98. The molecular weight excluding hydrogens is 255 g/mol. The maximum absolute atomic E-state index is 13.0. The van der Waals surface area contributed by atoms with Gasteiger partial charge in [0.05, 0.1) is 25.8 Å². The van der Waals surface area contributed by atoms with Crippen molar-refractivity contribution in [3.05, 3.63) is 65.5 Å². The van der Waals surface area contributed by atoms with E-state index in [0.717, 1.165) is 16.9 Å². The minimum atomic E-state index is -0.275. The van der Waals surface area contributed by atoms with Crippen molar-refractivity contribution in [3.63, 3.8) is 0 Å². The van der Waals surface area contributed by atoms with Crippen molar-refractivity contribution in [1.82, 2.24) is 5.32 Å². The number of hydrogen-bond acceptors (Lipinski definition) is 3. The molecule has 0 saturated heterocycles. The SMILES string of the molecule is COc1ccc(C(NCC#N)c2ccc(F)cc2)cc1. The van der Waals surface area contributed by atoms with E-state index in [9.17, 15) is 4.39 Å². The third-order valence-corrected chi connectivity index (χ3v) is 3.04. The zero-order chi connectivity index (χ0) is 14.4. The highest BCUT2D eigenvalue weighted by atomic mass is 19.1. The second kappa shape index (κ2) is 6.69. The van der Waals surface area contributed by atoms with Gasteiger partial charge in [-0.05, 0) is 35.4 Å². The number of benzene rings is 2. The Morgan fingerprint density at radius 2 is 1.65 bits per heavy atom. The van der Waals surface area contributed by atoms with Crippen LogP contribution in [0.1, 0.15) is 17.2 Å². The van der Waals surface area contributed by atoms with Crippen LogP contribution < -0.4 is 10.1 Å². The van der Waals surface area contributed by atoms with Gasteiger partial charge in [-0.3, -0.25) is 5.32 Å². The average Bonchev–Trinajstić information content (AvgIpc) is 2.50. The molecule has 2 aromatic rings. The molecule has 1 unspecified atom stereocenters. The number of halogens is 1. The van der Waals surface area contributed by atoms with Gasteiger partial charge < -0.3 is 4.74 Å². The zero-order valence-electron chi connectivity index (χ0n) is 11.1. The van der Waals surface area contributed by atoms with Crippen LogP contribution in [0.5, 0.6) is 5.75 Å². The molecule has 1 N–H and O–H groups in total. The summed E-state index contributed by atoms with van der Waals surface area (Å²) in [5, 5.41) is 11.9. The van der Waals surface area contributed by atoms with E-state index in [-0.39, 0.29) is 18.4 Å². The topological polar surface area (TPSA) is 45.0 Å². The highest BCUT2D eigenvalue weighted by Gasteiger charge is 2.13. The van der Waals surface area contributed by atoms with E-state index < -0.39 is 0 Å². The van der Waals surface area contributed by atoms with Crippen molar-refractivity contribution < 1.29 is 9.13 Å². The predicted molar refractivity (Wildman–Crippen MR) is 74.9 cm³/mol. The average molecular weight is 270 g/mol. The fourth-order valence-corrected chi connectivity index (χ4v) is 2.03. The molecule has 0 aliphatic rings. The summed E-state index contributed by atoms with van der Waals surface area (Å²) in [5.41, 5.74) is 1.90. The smallest absolute Gasteiger partial charge is 0.123 e. The second-order valence-electron chi connectivity index (χ2n) is 4.30. The Morgan fingerprint density at radius 3 is 2.15 bits per heavy atom. The Hall–Kier alpha value is -2.38. The first-order chi connectivity index (χ1) is 9.74. The summed E-state index contributed by atoms with van der Waals surface area (Å²) < 4.78 is 18.1. The van der Waals surface area contributed by atoms with E-state index in [1.807, 2.05) is 24.3 Å². The molecular formula is C16H15FN2O. The van der Waals surface area contributed by atoms with Gasteiger partial charge in [0.2, 0.25) is 0 Å². The first-order valence-corrected chi connectivity index (χ1v) is 6.24. The quantitative estimate of drug-likeness (QED) is 0.849. The van der Waals surface area contributed by atoms with Gasteiger partial charge in [0, 0.05) is 0 Å². The molecule has 20 heavy (non-hydrogen) atoms.